The zero-order valence-electron chi connectivity index (χ0n) is 11.7. The van der Waals surface area contributed by atoms with Gasteiger partial charge >= 0.3 is 0 Å². The number of hydrogen-bond donors (Lipinski definition) is 1. The van der Waals surface area contributed by atoms with Crippen molar-refractivity contribution >= 4 is 0 Å². The van der Waals surface area contributed by atoms with Crippen LogP contribution >= 0.6 is 0 Å². The molecule has 18 heavy (non-hydrogen) atoms. The number of nitrogens with zero attached hydrogens (tertiary/aromatic N) is 1. The summed E-state index contributed by atoms with van der Waals surface area (Å²) >= 11 is 0. The van der Waals surface area contributed by atoms with Crippen LogP contribution in [0.1, 0.15) is 49.0 Å². The number of unbranched alkanes of at least 4 members (excludes halogenated alkanes) is 1. The molecular formula is C16H25NO. The molecule has 0 aliphatic heterocycles. The van der Waals surface area contributed by atoms with Gasteiger partial charge in [0.25, 0.3) is 0 Å². The second-order valence-corrected chi connectivity index (χ2v) is 5.51. The van der Waals surface area contributed by atoms with Crippen molar-refractivity contribution in [3.8, 4) is 0 Å². The second-order valence-electron chi connectivity index (χ2n) is 5.51. The maximum Gasteiger partial charge on any atom is 0.0916 e. The van der Waals surface area contributed by atoms with Crippen molar-refractivity contribution in [3.05, 3.63) is 34.9 Å². The van der Waals surface area contributed by atoms with Crippen molar-refractivity contribution in [3.63, 3.8) is 0 Å². The molecule has 0 aromatic heterocycles. The fourth-order valence-corrected chi connectivity index (χ4v) is 2.72. The maximum atomic E-state index is 10.3. The Kier molecular flexibility index (Phi) is 4.79. The summed E-state index contributed by atoms with van der Waals surface area (Å²) in [5, 5.41) is 10.3. The van der Waals surface area contributed by atoms with E-state index in [0.29, 0.717) is 0 Å². The second kappa shape index (κ2) is 6.35. The Bertz CT molecular complexity index is 389. The number of rotatable bonds is 6. The number of aryl methyl sites for hydroxylation is 2. The Morgan fingerprint density at radius 2 is 2.06 bits per heavy atom. The zero-order chi connectivity index (χ0) is 13.0. The van der Waals surface area contributed by atoms with Crippen LogP contribution in [-0.2, 0) is 12.8 Å². The van der Waals surface area contributed by atoms with Crippen LogP contribution in [0.4, 0.5) is 0 Å². The van der Waals surface area contributed by atoms with Gasteiger partial charge in [0, 0.05) is 6.54 Å². The van der Waals surface area contributed by atoms with Crippen molar-refractivity contribution < 1.29 is 5.11 Å². The van der Waals surface area contributed by atoms with E-state index in [0.717, 1.165) is 18.7 Å². The molecule has 1 aliphatic rings. The van der Waals surface area contributed by atoms with Gasteiger partial charge in [-0.3, -0.25) is 0 Å². The van der Waals surface area contributed by atoms with Crippen molar-refractivity contribution in [2.24, 2.45) is 0 Å². The molecule has 0 heterocycles. The molecule has 0 saturated heterocycles. The summed E-state index contributed by atoms with van der Waals surface area (Å²) in [6.45, 7) is 4.00. The van der Waals surface area contributed by atoms with Gasteiger partial charge in [-0.1, -0.05) is 31.5 Å². The van der Waals surface area contributed by atoms with E-state index in [4.69, 9.17) is 0 Å². The molecule has 0 radical (unpaired) electrons. The lowest BCUT2D eigenvalue weighted by molar-refractivity contribution is 0.126. The third-order valence-corrected chi connectivity index (χ3v) is 3.89. The van der Waals surface area contributed by atoms with Gasteiger partial charge in [-0.05, 0) is 56.0 Å². The number of benzene rings is 1. The molecule has 0 fully saturated rings. The summed E-state index contributed by atoms with van der Waals surface area (Å²) in [4.78, 5) is 2.22. The van der Waals surface area contributed by atoms with E-state index >= 15 is 0 Å². The van der Waals surface area contributed by atoms with E-state index < -0.39 is 0 Å². The summed E-state index contributed by atoms with van der Waals surface area (Å²) in [5.41, 5.74) is 4.01. The highest BCUT2D eigenvalue weighted by atomic mass is 16.3. The molecule has 2 heteroatoms. The van der Waals surface area contributed by atoms with Crippen LogP contribution in [-0.4, -0.2) is 30.1 Å². The van der Waals surface area contributed by atoms with Crippen LogP contribution in [0.3, 0.4) is 0 Å². The van der Waals surface area contributed by atoms with Gasteiger partial charge in [-0.15, -0.1) is 0 Å². The lowest BCUT2D eigenvalue weighted by Crippen LogP contribution is -2.25. The molecule has 0 bridgehead atoms. The van der Waals surface area contributed by atoms with Gasteiger partial charge in [-0.2, -0.15) is 0 Å². The van der Waals surface area contributed by atoms with Crippen LogP contribution in [0.2, 0.25) is 0 Å². The molecule has 0 amide bonds. The van der Waals surface area contributed by atoms with E-state index in [9.17, 15) is 5.11 Å². The Labute approximate surface area is 111 Å². The monoisotopic (exact) mass is 247 g/mol. The first-order valence-corrected chi connectivity index (χ1v) is 7.19. The van der Waals surface area contributed by atoms with Crippen LogP contribution in [0.25, 0.3) is 0 Å². The van der Waals surface area contributed by atoms with Crippen LogP contribution in [0.15, 0.2) is 18.2 Å². The topological polar surface area (TPSA) is 23.5 Å². The van der Waals surface area contributed by atoms with Crippen molar-refractivity contribution in [1.82, 2.24) is 4.90 Å². The summed E-state index contributed by atoms with van der Waals surface area (Å²) < 4.78 is 0. The molecule has 1 atom stereocenters. The Morgan fingerprint density at radius 3 is 2.83 bits per heavy atom. The predicted octanol–water partition coefficient (Wildman–Crippen LogP) is 2.94. The molecule has 0 spiro atoms. The molecule has 1 N–H and O–H groups in total. The van der Waals surface area contributed by atoms with E-state index in [2.05, 4.69) is 37.1 Å². The standard InChI is InChI=1S/C16H25NO/c1-3-4-10-17(2)12-16(18)15-9-8-13-6-5-7-14(13)11-15/h8-9,11,16,18H,3-7,10,12H2,1-2H3. The minimum Gasteiger partial charge on any atom is -0.387 e. The van der Waals surface area contributed by atoms with Gasteiger partial charge in [0.1, 0.15) is 0 Å². The predicted molar refractivity (Wildman–Crippen MR) is 75.8 cm³/mol. The fourth-order valence-electron chi connectivity index (χ4n) is 2.72. The number of aliphatic hydroxyl groups is 1. The average molecular weight is 247 g/mol. The van der Waals surface area contributed by atoms with Gasteiger partial charge < -0.3 is 10.0 Å². The number of aliphatic hydroxyl groups excluding tert-OH is 1. The van der Waals surface area contributed by atoms with Crippen LogP contribution in [0.5, 0.6) is 0 Å². The first-order chi connectivity index (χ1) is 8.70. The van der Waals surface area contributed by atoms with E-state index in [1.165, 1.54) is 43.2 Å². The summed E-state index contributed by atoms with van der Waals surface area (Å²) in [5.74, 6) is 0. The minimum absolute atomic E-state index is 0.349. The fraction of sp³-hybridized carbons (Fsp3) is 0.625. The number of fused-ring (bicyclic) bond motifs is 1. The average Bonchev–Trinajstić information content (AvgIpc) is 2.83. The highest BCUT2D eigenvalue weighted by molar-refractivity contribution is 5.36. The molecule has 0 saturated carbocycles. The molecule has 1 aromatic carbocycles. The third-order valence-electron chi connectivity index (χ3n) is 3.89. The first kappa shape index (κ1) is 13.6. The van der Waals surface area contributed by atoms with Gasteiger partial charge in [-0.25, -0.2) is 0 Å². The zero-order valence-corrected chi connectivity index (χ0v) is 11.7. The van der Waals surface area contributed by atoms with E-state index in [1.54, 1.807) is 0 Å². The molecule has 2 rings (SSSR count). The number of likely N-dealkylation sites (N-methyl/N-ethyl adjacent to an activating group) is 1. The highest BCUT2D eigenvalue weighted by Crippen LogP contribution is 2.25. The normalized spacial score (nSPS) is 16.0. The Morgan fingerprint density at radius 1 is 1.28 bits per heavy atom. The van der Waals surface area contributed by atoms with E-state index in [-0.39, 0.29) is 6.10 Å². The van der Waals surface area contributed by atoms with Crippen molar-refractivity contribution in [2.75, 3.05) is 20.1 Å². The molecular weight excluding hydrogens is 222 g/mol. The third kappa shape index (κ3) is 3.33. The van der Waals surface area contributed by atoms with Gasteiger partial charge in [0.05, 0.1) is 6.10 Å². The molecule has 1 unspecified atom stereocenters. The SMILES string of the molecule is CCCCN(C)CC(O)c1ccc2c(c1)CCC2. The van der Waals surface area contributed by atoms with Crippen LogP contribution < -0.4 is 0 Å². The summed E-state index contributed by atoms with van der Waals surface area (Å²) in [6, 6.07) is 6.51. The van der Waals surface area contributed by atoms with Gasteiger partial charge in [0.2, 0.25) is 0 Å². The van der Waals surface area contributed by atoms with Crippen molar-refractivity contribution in [2.45, 2.75) is 45.1 Å². The highest BCUT2D eigenvalue weighted by Gasteiger charge is 2.15. The molecule has 100 valence electrons. The largest absolute Gasteiger partial charge is 0.387 e. The van der Waals surface area contributed by atoms with Crippen LogP contribution in [0, 0.1) is 0 Å². The van der Waals surface area contributed by atoms with E-state index in [1.807, 2.05) is 0 Å². The molecule has 1 aliphatic carbocycles. The molecule has 2 nitrogen and oxygen atoms in total. The lowest BCUT2D eigenvalue weighted by Gasteiger charge is -2.21. The minimum atomic E-state index is -0.349. The summed E-state index contributed by atoms with van der Waals surface area (Å²) in [6.07, 6.45) is 5.72. The Hall–Kier alpha value is -0.860. The Balaban J connectivity index is 1.94. The van der Waals surface area contributed by atoms with Gasteiger partial charge in [0.15, 0.2) is 0 Å². The lowest BCUT2D eigenvalue weighted by atomic mass is 10.0. The smallest absolute Gasteiger partial charge is 0.0916 e. The molecule has 1 aromatic rings. The number of hydrogen-bond acceptors (Lipinski definition) is 2. The summed E-state index contributed by atoms with van der Waals surface area (Å²) in [7, 11) is 2.09. The first-order valence-electron chi connectivity index (χ1n) is 7.19. The maximum absolute atomic E-state index is 10.3. The quantitative estimate of drug-likeness (QED) is 0.835. The van der Waals surface area contributed by atoms with Crippen molar-refractivity contribution in [1.29, 1.82) is 0 Å².